The summed E-state index contributed by atoms with van der Waals surface area (Å²) in [5.41, 5.74) is 0.177. The lowest BCUT2D eigenvalue weighted by Crippen LogP contribution is -2.21. The van der Waals surface area contributed by atoms with Gasteiger partial charge in [0.2, 0.25) is 5.78 Å². The average Bonchev–Trinajstić information content (AvgIpc) is 2.46. The molecule has 2 rings (SSSR count). The molecule has 2 aromatic rings. The molecular formula is C15H13NO3. The van der Waals surface area contributed by atoms with Gasteiger partial charge in [-0.05, 0) is 18.2 Å². The molecular weight excluding hydrogens is 242 g/mol. The highest BCUT2D eigenvalue weighted by molar-refractivity contribution is 6.24. The number of allylic oxidation sites excluding steroid dienone is 1. The Balaban J connectivity index is 2.43. The maximum atomic E-state index is 12.3. The van der Waals surface area contributed by atoms with E-state index >= 15 is 0 Å². The van der Waals surface area contributed by atoms with Crippen molar-refractivity contribution in [1.29, 1.82) is 0 Å². The van der Waals surface area contributed by atoms with Crippen LogP contribution in [0.25, 0.3) is 5.70 Å². The van der Waals surface area contributed by atoms with Crippen LogP contribution in [0, 0.1) is 0 Å². The van der Waals surface area contributed by atoms with Gasteiger partial charge in [0.05, 0.1) is 18.4 Å². The van der Waals surface area contributed by atoms with E-state index in [1.807, 2.05) is 0 Å². The molecule has 0 aliphatic carbocycles. The molecule has 0 bridgehead atoms. The van der Waals surface area contributed by atoms with Crippen molar-refractivity contribution in [1.82, 2.24) is 4.57 Å². The van der Waals surface area contributed by atoms with Gasteiger partial charge in [0.1, 0.15) is 5.75 Å². The number of rotatable bonds is 4. The first-order valence-corrected chi connectivity index (χ1v) is 5.70. The number of ether oxygens (including phenoxy) is 1. The van der Waals surface area contributed by atoms with E-state index in [0.717, 1.165) is 0 Å². The third kappa shape index (κ3) is 2.47. The van der Waals surface area contributed by atoms with Gasteiger partial charge in [0.15, 0.2) is 0 Å². The second-order valence-electron chi connectivity index (χ2n) is 3.88. The van der Waals surface area contributed by atoms with E-state index in [1.54, 1.807) is 36.4 Å². The molecule has 0 atom stereocenters. The molecule has 0 saturated heterocycles. The van der Waals surface area contributed by atoms with Crippen LogP contribution in [0.1, 0.15) is 10.4 Å². The Bertz CT molecular complexity index is 686. The fraction of sp³-hybridized carbons (Fsp3) is 0.0667. The van der Waals surface area contributed by atoms with E-state index in [0.29, 0.717) is 11.3 Å². The second kappa shape index (κ2) is 5.35. The van der Waals surface area contributed by atoms with Crippen LogP contribution in [0.5, 0.6) is 5.75 Å². The quantitative estimate of drug-likeness (QED) is 0.621. The first-order valence-electron chi connectivity index (χ1n) is 5.70. The number of para-hydroxylation sites is 1. The van der Waals surface area contributed by atoms with Crippen molar-refractivity contribution in [2.75, 3.05) is 7.11 Å². The molecule has 0 amide bonds. The molecule has 4 nitrogen and oxygen atoms in total. The number of nitrogens with zero attached hydrogens (tertiary/aromatic N) is 1. The number of aromatic nitrogens is 1. The van der Waals surface area contributed by atoms with Gasteiger partial charge in [-0.1, -0.05) is 24.8 Å². The lowest BCUT2D eigenvalue weighted by Gasteiger charge is -2.10. The Morgan fingerprint density at radius 1 is 1.16 bits per heavy atom. The monoisotopic (exact) mass is 255 g/mol. The number of Topliss-reactive ketones (excluding diaryl/α,β-unsaturated/α-hetero) is 1. The summed E-state index contributed by atoms with van der Waals surface area (Å²) in [6.45, 7) is 3.70. The molecule has 1 aromatic heterocycles. The fourth-order valence-electron chi connectivity index (χ4n) is 1.75. The minimum Gasteiger partial charge on any atom is -0.496 e. The van der Waals surface area contributed by atoms with Gasteiger partial charge >= 0.3 is 0 Å². The summed E-state index contributed by atoms with van der Waals surface area (Å²) in [6.07, 6.45) is 1.51. The molecule has 0 fully saturated rings. The van der Waals surface area contributed by atoms with Crippen LogP contribution in [0.2, 0.25) is 0 Å². The molecule has 0 N–H and O–H groups in total. The minimum atomic E-state index is -0.342. The number of carbonyl (C=O) groups is 1. The molecule has 96 valence electrons. The molecule has 0 saturated carbocycles. The van der Waals surface area contributed by atoms with E-state index in [9.17, 15) is 9.59 Å². The summed E-state index contributed by atoms with van der Waals surface area (Å²) >= 11 is 0. The summed E-state index contributed by atoms with van der Waals surface area (Å²) in [5.74, 6) is 0.114. The van der Waals surface area contributed by atoms with Crippen LogP contribution in [-0.2, 0) is 0 Å². The Morgan fingerprint density at radius 3 is 2.53 bits per heavy atom. The fourth-order valence-corrected chi connectivity index (χ4v) is 1.75. The smallest absolute Gasteiger partial charge is 0.255 e. The lowest BCUT2D eigenvalue weighted by molar-refractivity contribution is 0.104. The van der Waals surface area contributed by atoms with Crippen molar-refractivity contribution in [3.63, 3.8) is 0 Å². The summed E-state index contributed by atoms with van der Waals surface area (Å²) in [7, 11) is 1.49. The molecule has 0 radical (unpaired) electrons. The third-order valence-corrected chi connectivity index (χ3v) is 2.73. The summed E-state index contributed by atoms with van der Waals surface area (Å²) < 4.78 is 6.35. The van der Waals surface area contributed by atoms with Gasteiger partial charge in [0.25, 0.3) is 5.56 Å². The zero-order valence-electron chi connectivity index (χ0n) is 10.5. The average molecular weight is 255 g/mol. The van der Waals surface area contributed by atoms with Crippen molar-refractivity contribution in [2.45, 2.75) is 0 Å². The van der Waals surface area contributed by atoms with E-state index in [4.69, 9.17) is 4.74 Å². The standard InChI is InChI=1S/C15H13NO3/c1-11(16-10-6-5-9-14(16)17)15(18)12-7-3-4-8-13(12)19-2/h3-10H,1H2,2H3. The van der Waals surface area contributed by atoms with Gasteiger partial charge in [-0.2, -0.15) is 0 Å². The van der Waals surface area contributed by atoms with E-state index in [-0.39, 0.29) is 17.0 Å². The van der Waals surface area contributed by atoms with Crippen molar-refractivity contribution < 1.29 is 9.53 Å². The van der Waals surface area contributed by atoms with E-state index < -0.39 is 0 Å². The highest BCUT2D eigenvalue weighted by Gasteiger charge is 2.16. The SMILES string of the molecule is C=C(C(=O)c1ccccc1OC)n1ccccc1=O. The maximum absolute atomic E-state index is 12.3. The Kier molecular flexibility index (Phi) is 3.61. The molecule has 4 heteroatoms. The number of ketones is 1. The number of benzene rings is 1. The van der Waals surface area contributed by atoms with Crippen LogP contribution >= 0.6 is 0 Å². The first kappa shape index (κ1) is 12.8. The summed E-state index contributed by atoms with van der Waals surface area (Å²) in [6, 6.07) is 11.5. The molecule has 1 aromatic carbocycles. The van der Waals surface area contributed by atoms with Crippen LogP contribution in [0.15, 0.2) is 60.0 Å². The number of hydrogen-bond acceptors (Lipinski definition) is 3. The first-order chi connectivity index (χ1) is 9.15. The summed E-state index contributed by atoms with van der Waals surface area (Å²) in [5, 5.41) is 0. The highest BCUT2D eigenvalue weighted by Crippen LogP contribution is 2.21. The number of pyridine rings is 1. The van der Waals surface area contributed by atoms with Crippen LogP contribution in [-0.4, -0.2) is 17.5 Å². The molecule has 0 aliphatic rings. The zero-order valence-corrected chi connectivity index (χ0v) is 10.5. The maximum Gasteiger partial charge on any atom is 0.255 e. The van der Waals surface area contributed by atoms with Crippen LogP contribution in [0.3, 0.4) is 0 Å². The largest absolute Gasteiger partial charge is 0.496 e. The highest BCUT2D eigenvalue weighted by atomic mass is 16.5. The number of hydrogen-bond donors (Lipinski definition) is 0. The van der Waals surface area contributed by atoms with Crippen LogP contribution < -0.4 is 10.3 Å². The predicted octanol–water partition coefficient (Wildman–Crippen LogP) is 2.21. The lowest BCUT2D eigenvalue weighted by atomic mass is 10.1. The minimum absolute atomic E-state index is 0.0927. The molecule has 1 heterocycles. The zero-order chi connectivity index (χ0) is 13.8. The predicted molar refractivity (Wildman–Crippen MR) is 73.4 cm³/mol. The molecule has 0 unspecified atom stereocenters. The Labute approximate surface area is 110 Å². The normalized spacial score (nSPS) is 9.95. The second-order valence-corrected chi connectivity index (χ2v) is 3.88. The van der Waals surface area contributed by atoms with Crippen LogP contribution in [0.4, 0.5) is 0 Å². The van der Waals surface area contributed by atoms with Crippen molar-refractivity contribution in [3.05, 3.63) is 71.2 Å². The van der Waals surface area contributed by atoms with Crippen molar-refractivity contribution in [2.24, 2.45) is 0 Å². The van der Waals surface area contributed by atoms with E-state index in [2.05, 4.69) is 6.58 Å². The van der Waals surface area contributed by atoms with Crippen molar-refractivity contribution >= 4 is 11.5 Å². The number of methoxy groups -OCH3 is 1. The van der Waals surface area contributed by atoms with Crippen molar-refractivity contribution in [3.8, 4) is 5.75 Å². The summed E-state index contributed by atoms with van der Waals surface area (Å²) in [4.78, 5) is 24.0. The topological polar surface area (TPSA) is 48.3 Å². The van der Waals surface area contributed by atoms with Gasteiger partial charge in [-0.15, -0.1) is 0 Å². The molecule has 0 spiro atoms. The van der Waals surface area contributed by atoms with E-state index in [1.165, 1.54) is 23.9 Å². The molecule has 19 heavy (non-hydrogen) atoms. The van der Waals surface area contributed by atoms with Gasteiger partial charge in [0, 0.05) is 12.3 Å². The third-order valence-electron chi connectivity index (χ3n) is 2.73. The number of carbonyl (C=O) groups excluding carboxylic acids is 1. The Hall–Kier alpha value is -2.62. The molecule has 0 aliphatic heterocycles. The van der Waals surface area contributed by atoms with Gasteiger partial charge in [-0.3, -0.25) is 14.2 Å². The van der Waals surface area contributed by atoms with Gasteiger partial charge in [-0.25, -0.2) is 0 Å². The Morgan fingerprint density at radius 2 is 1.84 bits per heavy atom. The van der Waals surface area contributed by atoms with Gasteiger partial charge < -0.3 is 4.74 Å².